The monoisotopic (exact) mass is 456 g/mol. The molecule has 0 bridgehead atoms. The zero-order valence-electron chi connectivity index (χ0n) is 21.7. The van der Waals surface area contributed by atoms with Crippen LogP contribution >= 0.6 is 0 Å². The minimum absolute atomic E-state index is 0.0237. The number of ether oxygens (including phenoxy) is 1. The van der Waals surface area contributed by atoms with E-state index in [4.69, 9.17) is 4.74 Å². The fourth-order valence-electron chi connectivity index (χ4n) is 3.74. The lowest BCUT2D eigenvalue weighted by molar-refractivity contribution is -0.141. The van der Waals surface area contributed by atoms with E-state index in [1.165, 1.54) is 6.92 Å². The maximum absolute atomic E-state index is 14.0. The molecular weight excluding hydrogens is 416 g/mol. The number of carbonyl (C=O) groups excluding carboxylic acids is 3. The molecule has 5 heteroatoms. The van der Waals surface area contributed by atoms with Crippen molar-refractivity contribution in [3.05, 3.63) is 57.6 Å². The molecule has 33 heavy (non-hydrogen) atoms. The van der Waals surface area contributed by atoms with Gasteiger partial charge in [-0.25, -0.2) is 0 Å². The van der Waals surface area contributed by atoms with E-state index in [-0.39, 0.29) is 54.5 Å². The average Bonchev–Trinajstić information content (AvgIpc) is 2.65. The maximum Gasteiger partial charge on any atom is 0.307 e. The molecule has 0 radical (unpaired) electrons. The highest BCUT2D eigenvalue weighted by molar-refractivity contribution is 6.24. The summed E-state index contributed by atoms with van der Waals surface area (Å²) in [7, 11) is 0. The van der Waals surface area contributed by atoms with Crippen molar-refractivity contribution in [1.29, 1.82) is 0 Å². The van der Waals surface area contributed by atoms with Gasteiger partial charge in [0.15, 0.2) is 11.6 Å². The highest BCUT2D eigenvalue weighted by Crippen LogP contribution is 2.48. The van der Waals surface area contributed by atoms with E-state index in [2.05, 4.69) is 0 Å². The van der Waals surface area contributed by atoms with E-state index < -0.39 is 17.2 Å². The first-order chi connectivity index (χ1) is 15.2. The Balaban J connectivity index is 4.07. The molecule has 0 amide bonds. The van der Waals surface area contributed by atoms with Crippen molar-refractivity contribution < 1.29 is 24.2 Å². The summed E-state index contributed by atoms with van der Waals surface area (Å²) in [5.74, 6) is -1.65. The molecule has 1 aliphatic carbocycles. The first kappa shape index (κ1) is 28.3. The summed E-state index contributed by atoms with van der Waals surface area (Å²) < 4.78 is 5.69. The fraction of sp³-hybridized carbons (Fsp3) is 0.536. The minimum Gasteiger partial charge on any atom is -0.507 e. The summed E-state index contributed by atoms with van der Waals surface area (Å²) in [6, 6.07) is 0. The van der Waals surface area contributed by atoms with Gasteiger partial charge in [0.1, 0.15) is 17.1 Å². The van der Waals surface area contributed by atoms with Crippen molar-refractivity contribution in [2.75, 3.05) is 0 Å². The Morgan fingerprint density at radius 2 is 1.39 bits per heavy atom. The number of ketones is 2. The lowest BCUT2D eigenvalue weighted by atomic mass is 9.66. The van der Waals surface area contributed by atoms with Gasteiger partial charge in [-0.3, -0.25) is 14.4 Å². The van der Waals surface area contributed by atoms with Crippen molar-refractivity contribution in [2.45, 2.75) is 88.0 Å². The molecular formula is C28H40O5. The first-order valence-corrected chi connectivity index (χ1v) is 11.6. The molecule has 0 fully saturated rings. The van der Waals surface area contributed by atoms with E-state index in [0.717, 1.165) is 16.7 Å². The Labute approximate surface area is 199 Å². The number of aliphatic hydroxyl groups excluding tert-OH is 1. The fourth-order valence-corrected chi connectivity index (χ4v) is 3.74. The summed E-state index contributed by atoms with van der Waals surface area (Å²) in [5, 5.41) is 11.2. The van der Waals surface area contributed by atoms with Gasteiger partial charge in [-0.05, 0) is 66.7 Å². The normalized spacial score (nSPS) is 15.4. The lowest BCUT2D eigenvalue weighted by Gasteiger charge is -2.38. The summed E-state index contributed by atoms with van der Waals surface area (Å²) >= 11 is 0. The van der Waals surface area contributed by atoms with Crippen LogP contribution in [0.25, 0.3) is 0 Å². The summed E-state index contributed by atoms with van der Waals surface area (Å²) in [6.45, 7) is 16.6. The minimum atomic E-state index is -1.29. The van der Waals surface area contributed by atoms with E-state index in [9.17, 15) is 19.5 Å². The second-order valence-electron chi connectivity index (χ2n) is 10.0. The van der Waals surface area contributed by atoms with E-state index >= 15 is 0 Å². The molecule has 0 heterocycles. The van der Waals surface area contributed by atoms with Gasteiger partial charge < -0.3 is 9.84 Å². The van der Waals surface area contributed by atoms with Crippen LogP contribution in [0.1, 0.15) is 88.0 Å². The van der Waals surface area contributed by atoms with Gasteiger partial charge in [-0.2, -0.15) is 0 Å². The van der Waals surface area contributed by atoms with Crippen LogP contribution < -0.4 is 0 Å². The average molecular weight is 457 g/mol. The quantitative estimate of drug-likeness (QED) is 0.220. The van der Waals surface area contributed by atoms with Crippen molar-refractivity contribution in [1.82, 2.24) is 0 Å². The molecule has 0 saturated carbocycles. The third-order valence-corrected chi connectivity index (χ3v) is 5.44. The number of allylic oxidation sites excluding steroid dienone is 9. The number of Topliss-reactive ketones (excluding diaryl/α,β-unsaturated/α-hetero) is 2. The van der Waals surface area contributed by atoms with Crippen molar-refractivity contribution >= 4 is 17.5 Å². The molecule has 0 unspecified atom stereocenters. The van der Waals surface area contributed by atoms with E-state index in [0.29, 0.717) is 5.57 Å². The zero-order chi connectivity index (χ0) is 25.5. The molecule has 1 aliphatic rings. The highest BCUT2D eigenvalue weighted by Gasteiger charge is 2.51. The first-order valence-electron chi connectivity index (χ1n) is 11.6. The third-order valence-electron chi connectivity index (χ3n) is 5.44. The second kappa shape index (κ2) is 12.0. The van der Waals surface area contributed by atoms with Crippen LogP contribution in [0.15, 0.2) is 57.6 Å². The molecule has 1 rings (SSSR count). The second-order valence-corrected chi connectivity index (χ2v) is 10.0. The van der Waals surface area contributed by atoms with Crippen LogP contribution in [-0.2, 0) is 19.1 Å². The molecule has 182 valence electrons. The van der Waals surface area contributed by atoms with Crippen LogP contribution in [0.4, 0.5) is 0 Å². The Morgan fingerprint density at radius 1 is 0.909 bits per heavy atom. The molecule has 0 saturated heterocycles. The van der Waals surface area contributed by atoms with Crippen molar-refractivity contribution in [3.63, 3.8) is 0 Å². The number of rotatable bonds is 10. The number of aliphatic hydroxyl groups is 1. The number of hydrogen-bond acceptors (Lipinski definition) is 5. The van der Waals surface area contributed by atoms with Crippen LogP contribution in [0.2, 0.25) is 0 Å². The lowest BCUT2D eigenvalue weighted by Crippen LogP contribution is -2.42. The molecule has 0 aromatic rings. The molecule has 1 N–H and O–H groups in total. The van der Waals surface area contributed by atoms with Gasteiger partial charge in [0.25, 0.3) is 0 Å². The largest absolute Gasteiger partial charge is 0.507 e. The predicted molar refractivity (Wildman–Crippen MR) is 132 cm³/mol. The van der Waals surface area contributed by atoms with E-state index in [1.54, 1.807) is 0 Å². The Morgan fingerprint density at radius 3 is 1.79 bits per heavy atom. The SMILES string of the molecule is CC(=O)OC1=C(CC=C(C)C)C(O)=C(C(=O)CC(C)C)C(=O)C1(CC=C(C)C)CC=C(C)C. The smallest absolute Gasteiger partial charge is 0.307 e. The van der Waals surface area contributed by atoms with Gasteiger partial charge in [0.05, 0.1) is 5.41 Å². The van der Waals surface area contributed by atoms with Crippen LogP contribution in [0.5, 0.6) is 0 Å². The Hall–Kier alpha value is -2.69. The van der Waals surface area contributed by atoms with Gasteiger partial charge in [-0.1, -0.05) is 48.8 Å². The molecule has 0 atom stereocenters. The standard InChI is InChI=1S/C28H40O5/c1-17(2)10-11-22-25(31)24(23(30)16-20(7)8)26(32)28(14-12-18(3)4,15-13-19(5)6)27(22)33-21(9)29/h10,12-13,20,31H,11,14-16H2,1-9H3. The van der Waals surface area contributed by atoms with Crippen LogP contribution in [0.3, 0.4) is 0 Å². The molecule has 0 aromatic heterocycles. The molecule has 0 spiro atoms. The summed E-state index contributed by atoms with van der Waals surface area (Å²) in [6.07, 6.45) is 6.63. The van der Waals surface area contributed by atoms with Crippen molar-refractivity contribution in [3.8, 4) is 0 Å². The number of esters is 1. The summed E-state index contributed by atoms with van der Waals surface area (Å²) in [4.78, 5) is 39.4. The summed E-state index contributed by atoms with van der Waals surface area (Å²) in [5.41, 5.74) is 1.86. The number of carbonyl (C=O) groups is 3. The van der Waals surface area contributed by atoms with Gasteiger partial charge in [0.2, 0.25) is 0 Å². The van der Waals surface area contributed by atoms with E-state index in [1.807, 2.05) is 73.6 Å². The maximum atomic E-state index is 14.0. The third kappa shape index (κ3) is 7.41. The number of hydrogen-bond donors (Lipinski definition) is 1. The topological polar surface area (TPSA) is 80.7 Å². The van der Waals surface area contributed by atoms with Crippen molar-refractivity contribution in [2.24, 2.45) is 11.3 Å². The van der Waals surface area contributed by atoms with Gasteiger partial charge in [-0.15, -0.1) is 0 Å². The molecule has 0 aromatic carbocycles. The zero-order valence-corrected chi connectivity index (χ0v) is 21.7. The highest BCUT2D eigenvalue weighted by atomic mass is 16.5. The van der Waals surface area contributed by atoms with Crippen LogP contribution in [0, 0.1) is 11.3 Å². The molecule has 5 nitrogen and oxygen atoms in total. The Bertz CT molecular complexity index is 919. The van der Waals surface area contributed by atoms with Gasteiger partial charge in [0, 0.05) is 18.9 Å². The van der Waals surface area contributed by atoms with Crippen LogP contribution in [-0.4, -0.2) is 22.6 Å². The molecule has 0 aliphatic heterocycles. The Kier molecular flexibility index (Phi) is 10.3. The van der Waals surface area contributed by atoms with Gasteiger partial charge >= 0.3 is 5.97 Å². The predicted octanol–water partition coefficient (Wildman–Crippen LogP) is 6.87.